The smallest absolute Gasteiger partial charge is 0.127 e. The number of methoxy groups -OCH3 is 2. The lowest BCUT2D eigenvalue weighted by Crippen LogP contribution is -2.02. The highest BCUT2D eigenvalue weighted by molar-refractivity contribution is 7.16. The van der Waals surface area contributed by atoms with Crippen LogP contribution in [0.4, 0.5) is 4.39 Å². The molecule has 0 aliphatic carbocycles. The third kappa shape index (κ3) is 4.85. The van der Waals surface area contributed by atoms with Crippen molar-refractivity contribution in [1.29, 1.82) is 0 Å². The predicted octanol–water partition coefficient (Wildman–Crippen LogP) is 4.91. The van der Waals surface area contributed by atoms with Crippen molar-refractivity contribution < 1.29 is 13.9 Å². The zero-order valence-electron chi connectivity index (χ0n) is 14.8. The number of hydrogen-bond donors (Lipinski definition) is 0. The van der Waals surface area contributed by atoms with Crippen LogP contribution in [0.15, 0.2) is 24.3 Å². The minimum Gasteiger partial charge on any atom is -0.380 e. The molecule has 2 aromatic carbocycles. The van der Waals surface area contributed by atoms with Gasteiger partial charge in [0.2, 0.25) is 0 Å². The van der Waals surface area contributed by atoms with Crippen molar-refractivity contribution in [2.24, 2.45) is 0 Å². The Balaban J connectivity index is 2.72. The Kier molecular flexibility index (Phi) is 8.40. The monoisotopic (exact) mass is 398 g/mol. The molecule has 0 heterocycles. The Hall–Kier alpha value is -0.420. The van der Waals surface area contributed by atoms with Crippen LogP contribution in [-0.4, -0.2) is 14.2 Å². The molecule has 0 aliphatic heterocycles. The molecular formula is C19H26FO2P3. The fraction of sp³-hybridized carbons (Fsp3) is 0.368. The predicted molar refractivity (Wildman–Crippen MR) is 114 cm³/mol. The fourth-order valence-corrected chi connectivity index (χ4v) is 4.07. The van der Waals surface area contributed by atoms with Gasteiger partial charge in [0, 0.05) is 14.2 Å². The third-order valence-electron chi connectivity index (χ3n) is 4.25. The van der Waals surface area contributed by atoms with Crippen LogP contribution in [0.25, 0.3) is 11.1 Å². The van der Waals surface area contributed by atoms with Gasteiger partial charge in [0.15, 0.2) is 0 Å². The first-order valence-corrected chi connectivity index (χ1v) is 10.6. The van der Waals surface area contributed by atoms with Gasteiger partial charge in [0.25, 0.3) is 0 Å². The van der Waals surface area contributed by atoms with Gasteiger partial charge in [0.05, 0.1) is 13.2 Å². The second kappa shape index (κ2) is 10.1. The summed E-state index contributed by atoms with van der Waals surface area (Å²) in [6.45, 7) is 0.935. The first-order valence-electron chi connectivity index (χ1n) is 8.13. The van der Waals surface area contributed by atoms with E-state index >= 15 is 0 Å². The summed E-state index contributed by atoms with van der Waals surface area (Å²) >= 11 is 0. The molecule has 6 heteroatoms. The number of ether oxygens (including phenoxy) is 2. The second-order valence-corrected chi connectivity index (χ2v) is 7.08. The summed E-state index contributed by atoms with van der Waals surface area (Å²) in [5.41, 5.74) is 7.15. The van der Waals surface area contributed by atoms with E-state index in [1.165, 1.54) is 11.1 Å². The SMILES string of the molecule is COCc1cc(CP)c(F)cc1-c1cc(CP)c(CP)cc1COC. The molecule has 0 bridgehead atoms. The van der Waals surface area contributed by atoms with Crippen molar-refractivity contribution in [1.82, 2.24) is 0 Å². The Morgan fingerprint density at radius 2 is 1.12 bits per heavy atom. The van der Waals surface area contributed by atoms with Gasteiger partial charge in [-0.3, -0.25) is 0 Å². The van der Waals surface area contributed by atoms with Gasteiger partial charge in [0.1, 0.15) is 5.82 Å². The molecule has 3 atom stereocenters. The van der Waals surface area contributed by atoms with E-state index in [0.717, 1.165) is 34.6 Å². The van der Waals surface area contributed by atoms with Crippen LogP contribution >= 0.6 is 27.7 Å². The standard InChI is InChI=1S/C19H26FO2P3/c1-21-7-12-3-14(9-23)15(10-24)5-17(12)18-6-19(20)16(11-25)4-13(18)8-22-2/h3-6H,7-11,23-25H2,1-2H3. The maximum Gasteiger partial charge on any atom is 0.127 e. The van der Waals surface area contributed by atoms with Crippen molar-refractivity contribution in [3.8, 4) is 11.1 Å². The van der Waals surface area contributed by atoms with Gasteiger partial charge >= 0.3 is 0 Å². The number of benzene rings is 2. The van der Waals surface area contributed by atoms with E-state index in [1.54, 1.807) is 20.3 Å². The summed E-state index contributed by atoms with van der Waals surface area (Å²) in [5, 5.41) is 0. The van der Waals surface area contributed by atoms with Gasteiger partial charge in [-0.1, -0.05) is 12.1 Å². The molecule has 2 nitrogen and oxygen atoms in total. The summed E-state index contributed by atoms with van der Waals surface area (Å²) in [5.74, 6) is -0.184. The van der Waals surface area contributed by atoms with Crippen molar-refractivity contribution >= 4 is 27.7 Å². The van der Waals surface area contributed by atoms with Gasteiger partial charge in [-0.05, 0) is 69.6 Å². The van der Waals surface area contributed by atoms with Crippen LogP contribution in [0.1, 0.15) is 27.8 Å². The number of rotatable bonds is 8. The van der Waals surface area contributed by atoms with Crippen LogP contribution in [0.3, 0.4) is 0 Å². The van der Waals surface area contributed by atoms with E-state index in [2.05, 4.69) is 39.9 Å². The second-order valence-electron chi connectivity index (χ2n) is 5.86. The minimum atomic E-state index is -0.184. The topological polar surface area (TPSA) is 18.5 Å². The molecule has 25 heavy (non-hydrogen) atoms. The normalized spacial score (nSPS) is 11.1. The molecule has 0 spiro atoms. The van der Waals surface area contributed by atoms with Crippen molar-refractivity contribution in [2.45, 2.75) is 31.7 Å². The minimum absolute atomic E-state index is 0.184. The van der Waals surface area contributed by atoms with Crippen LogP contribution < -0.4 is 0 Å². The van der Waals surface area contributed by atoms with Crippen LogP contribution in [-0.2, 0) is 41.2 Å². The number of hydrogen-bond acceptors (Lipinski definition) is 2. The Morgan fingerprint density at radius 3 is 1.60 bits per heavy atom. The van der Waals surface area contributed by atoms with E-state index in [-0.39, 0.29) is 5.82 Å². The zero-order chi connectivity index (χ0) is 18.4. The number of halogens is 1. The molecule has 2 rings (SSSR count). The summed E-state index contributed by atoms with van der Waals surface area (Å²) in [6.07, 6.45) is 2.32. The van der Waals surface area contributed by atoms with Crippen molar-refractivity contribution in [2.75, 3.05) is 14.2 Å². The molecule has 0 N–H and O–H groups in total. The van der Waals surface area contributed by atoms with E-state index in [4.69, 9.17) is 9.47 Å². The van der Waals surface area contributed by atoms with Crippen LogP contribution in [0, 0.1) is 5.82 Å². The molecule has 0 saturated carbocycles. The summed E-state index contributed by atoms with van der Waals surface area (Å²) in [4.78, 5) is 0. The average molecular weight is 398 g/mol. The lowest BCUT2D eigenvalue weighted by molar-refractivity contribution is 0.184. The van der Waals surface area contributed by atoms with Crippen molar-refractivity contribution in [3.63, 3.8) is 0 Å². The molecule has 0 saturated heterocycles. The molecular weight excluding hydrogens is 372 g/mol. The van der Waals surface area contributed by atoms with Crippen molar-refractivity contribution in [3.05, 3.63) is 57.9 Å². The van der Waals surface area contributed by atoms with Crippen LogP contribution in [0.5, 0.6) is 0 Å². The maximum atomic E-state index is 14.5. The molecule has 0 amide bonds. The van der Waals surface area contributed by atoms with Crippen LogP contribution in [0.2, 0.25) is 0 Å². The molecule has 0 radical (unpaired) electrons. The highest BCUT2D eigenvalue weighted by Gasteiger charge is 2.16. The summed E-state index contributed by atoms with van der Waals surface area (Å²) in [7, 11) is 11.5. The lowest BCUT2D eigenvalue weighted by Gasteiger charge is -2.18. The molecule has 0 aromatic heterocycles. The Bertz CT molecular complexity index is 735. The van der Waals surface area contributed by atoms with Gasteiger partial charge in [-0.2, -0.15) is 0 Å². The average Bonchev–Trinajstić information content (AvgIpc) is 2.63. The maximum absolute atomic E-state index is 14.5. The zero-order valence-corrected chi connectivity index (χ0v) is 18.2. The van der Waals surface area contributed by atoms with E-state index in [9.17, 15) is 4.39 Å². The Labute approximate surface area is 156 Å². The first-order chi connectivity index (χ1) is 12.1. The highest BCUT2D eigenvalue weighted by Crippen LogP contribution is 2.34. The highest BCUT2D eigenvalue weighted by atomic mass is 31.0. The van der Waals surface area contributed by atoms with Gasteiger partial charge in [-0.15, -0.1) is 27.7 Å². The Morgan fingerprint density at radius 1 is 0.680 bits per heavy atom. The quantitative estimate of drug-likeness (QED) is 0.589. The van der Waals surface area contributed by atoms with Gasteiger partial charge < -0.3 is 9.47 Å². The van der Waals surface area contributed by atoms with E-state index < -0.39 is 0 Å². The van der Waals surface area contributed by atoms with E-state index in [1.807, 2.05) is 6.07 Å². The first kappa shape index (κ1) is 20.9. The van der Waals surface area contributed by atoms with E-state index in [0.29, 0.717) is 24.9 Å². The molecule has 0 aliphatic rings. The molecule has 2 aromatic rings. The molecule has 136 valence electrons. The molecule has 0 fully saturated rings. The van der Waals surface area contributed by atoms with Gasteiger partial charge in [-0.25, -0.2) is 4.39 Å². The lowest BCUT2D eigenvalue weighted by atomic mass is 9.91. The summed E-state index contributed by atoms with van der Waals surface area (Å²) < 4.78 is 25.3. The summed E-state index contributed by atoms with van der Waals surface area (Å²) in [6, 6.07) is 7.87. The largest absolute Gasteiger partial charge is 0.380 e. The fourth-order valence-electron chi connectivity index (χ4n) is 3.00. The third-order valence-corrected chi connectivity index (χ3v) is 5.57. The molecule has 3 unspecified atom stereocenters.